The quantitative estimate of drug-likeness (QED) is 0.442. The van der Waals surface area contributed by atoms with Crippen molar-refractivity contribution in [3.8, 4) is 0 Å². The fourth-order valence-electron chi connectivity index (χ4n) is 2.31. The Bertz CT molecular complexity index is 824. The molecule has 0 saturated carbocycles. The molecule has 0 aliphatic heterocycles. The van der Waals surface area contributed by atoms with Gasteiger partial charge in [-0.3, -0.25) is 10.2 Å². The molecular weight excluding hydrogens is 291 g/mol. The van der Waals surface area contributed by atoms with Crippen molar-refractivity contribution < 1.29 is 9.18 Å². The lowest BCUT2D eigenvalue weighted by Crippen LogP contribution is -2.30. The van der Waals surface area contributed by atoms with E-state index in [9.17, 15) is 9.18 Å². The first-order valence-electron chi connectivity index (χ1n) is 6.30. The molecule has 3 rings (SSSR count). The highest BCUT2D eigenvalue weighted by Gasteiger charge is 2.20. The molecular formula is C14H13FN4OS. The molecule has 21 heavy (non-hydrogen) atoms. The average molecular weight is 304 g/mol. The molecule has 0 saturated heterocycles. The van der Waals surface area contributed by atoms with E-state index in [0.29, 0.717) is 22.4 Å². The zero-order valence-electron chi connectivity index (χ0n) is 11.3. The van der Waals surface area contributed by atoms with Crippen LogP contribution < -0.4 is 11.3 Å². The minimum absolute atomic E-state index is 0.340. The van der Waals surface area contributed by atoms with Gasteiger partial charge < -0.3 is 4.57 Å². The Hall–Kier alpha value is -2.25. The summed E-state index contributed by atoms with van der Waals surface area (Å²) in [6, 6.07) is 4.81. The van der Waals surface area contributed by atoms with Crippen molar-refractivity contribution in [3.63, 3.8) is 0 Å². The van der Waals surface area contributed by atoms with Crippen molar-refractivity contribution in [1.29, 1.82) is 0 Å². The van der Waals surface area contributed by atoms with E-state index in [-0.39, 0.29) is 5.82 Å². The lowest BCUT2D eigenvalue weighted by atomic mass is 10.1. The number of aromatic nitrogens is 2. The number of carbonyl (C=O) groups is 1. The summed E-state index contributed by atoms with van der Waals surface area (Å²) in [6.45, 7) is 2.23. The molecule has 2 aromatic heterocycles. The summed E-state index contributed by atoms with van der Waals surface area (Å²) in [7, 11) is 0. The van der Waals surface area contributed by atoms with E-state index in [4.69, 9.17) is 5.84 Å². The maximum absolute atomic E-state index is 14.2. The lowest BCUT2D eigenvalue weighted by Gasteiger charge is -2.07. The molecule has 0 aliphatic rings. The molecule has 1 amide bonds. The Morgan fingerprint density at radius 3 is 3.00 bits per heavy atom. The highest BCUT2D eigenvalue weighted by molar-refractivity contribution is 7.21. The Balaban J connectivity index is 2.22. The maximum Gasteiger partial charge on any atom is 0.275 e. The highest BCUT2D eigenvalue weighted by Crippen LogP contribution is 2.33. The van der Waals surface area contributed by atoms with E-state index < -0.39 is 5.91 Å². The van der Waals surface area contributed by atoms with Gasteiger partial charge in [0, 0.05) is 28.0 Å². The fraction of sp³-hybridized carbons (Fsp3) is 0.143. The number of nitrogens with zero attached hydrogens (tertiary/aromatic N) is 2. The molecule has 0 fully saturated rings. The van der Waals surface area contributed by atoms with Crippen LogP contribution in [-0.2, 0) is 6.54 Å². The van der Waals surface area contributed by atoms with Crippen LogP contribution in [-0.4, -0.2) is 15.5 Å². The summed E-state index contributed by atoms with van der Waals surface area (Å²) in [4.78, 5) is 16.5. The molecule has 0 radical (unpaired) electrons. The largest absolute Gasteiger partial charge is 0.331 e. The number of nitrogens with two attached hydrogens (primary N) is 1. The molecule has 0 bridgehead atoms. The lowest BCUT2D eigenvalue weighted by molar-refractivity contribution is 0.0957. The summed E-state index contributed by atoms with van der Waals surface area (Å²) >= 11 is 1.23. The molecule has 0 unspecified atom stereocenters. The molecule has 0 spiro atoms. The van der Waals surface area contributed by atoms with Crippen LogP contribution in [0.3, 0.4) is 0 Å². The van der Waals surface area contributed by atoms with Crippen molar-refractivity contribution >= 4 is 27.3 Å². The van der Waals surface area contributed by atoms with Crippen LogP contribution in [0.5, 0.6) is 0 Å². The monoisotopic (exact) mass is 304 g/mol. The zero-order valence-corrected chi connectivity index (χ0v) is 12.1. The summed E-state index contributed by atoms with van der Waals surface area (Å²) in [5, 5.41) is 0.467. The van der Waals surface area contributed by atoms with E-state index in [2.05, 4.69) is 10.4 Å². The van der Waals surface area contributed by atoms with Crippen LogP contribution in [0.1, 0.15) is 21.1 Å². The predicted octanol–water partition coefficient (Wildman–Crippen LogP) is 2.20. The number of hydrogen-bond donors (Lipinski definition) is 2. The summed E-state index contributed by atoms with van der Waals surface area (Å²) in [6.07, 6.45) is 3.47. The number of fused-ring (bicyclic) bond motifs is 1. The molecule has 3 N–H and O–H groups in total. The number of nitrogens with one attached hydrogen (secondary N) is 1. The number of amides is 1. The number of carbonyl (C=O) groups excluding carboxylic acids is 1. The molecule has 0 atom stereocenters. The van der Waals surface area contributed by atoms with Gasteiger partial charge in [-0.2, -0.15) is 0 Å². The van der Waals surface area contributed by atoms with Crippen molar-refractivity contribution in [2.24, 2.45) is 5.84 Å². The van der Waals surface area contributed by atoms with Crippen molar-refractivity contribution in [2.75, 3.05) is 0 Å². The third-order valence-corrected chi connectivity index (χ3v) is 4.55. The zero-order chi connectivity index (χ0) is 15.0. The van der Waals surface area contributed by atoms with Crippen LogP contribution in [0, 0.1) is 12.7 Å². The van der Waals surface area contributed by atoms with E-state index in [1.165, 1.54) is 17.4 Å². The molecule has 1 aromatic carbocycles. The van der Waals surface area contributed by atoms with Gasteiger partial charge in [-0.05, 0) is 19.1 Å². The molecule has 7 heteroatoms. The van der Waals surface area contributed by atoms with Gasteiger partial charge in [0.1, 0.15) is 11.6 Å². The Labute approximate surface area is 124 Å². The van der Waals surface area contributed by atoms with Gasteiger partial charge in [0.25, 0.3) is 5.91 Å². The number of imidazole rings is 1. The molecule has 3 aromatic rings. The molecule has 5 nitrogen and oxygen atoms in total. The van der Waals surface area contributed by atoms with E-state index in [0.717, 1.165) is 10.5 Å². The molecule has 0 aliphatic carbocycles. The van der Waals surface area contributed by atoms with E-state index in [1.54, 1.807) is 24.5 Å². The number of hydrogen-bond acceptors (Lipinski definition) is 4. The Morgan fingerprint density at radius 2 is 2.33 bits per heavy atom. The minimum Gasteiger partial charge on any atom is -0.331 e. The maximum atomic E-state index is 14.2. The standard InChI is InChI=1S/C14H13FN4OS/c1-8-17-5-6-19(8)7-9-12-10(15)3-2-4-11(12)21-13(9)14(20)18-16/h2-6H,7,16H2,1H3,(H,18,20). The second kappa shape index (κ2) is 5.27. The number of halogens is 1. The number of thiophene rings is 1. The Morgan fingerprint density at radius 1 is 1.52 bits per heavy atom. The van der Waals surface area contributed by atoms with Gasteiger partial charge >= 0.3 is 0 Å². The van der Waals surface area contributed by atoms with Gasteiger partial charge in [0.15, 0.2) is 0 Å². The number of benzene rings is 1. The topological polar surface area (TPSA) is 72.9 Å². The van der Waals surface area contributed by atoms with Gasteiger partial charge in [-0.25, -0.2) is 15.2 Å². The Kier molecular flexibility index (Phi) is 3.44. The summed E-state index contributed by atoms with van der Waals surface area (Å²) in [5.41, 5.74) is 2.74. The summed E-state index contributed by atoms with van der Waals surface area (Å²) < 4.78 is 16.8. The SMILES string of the molecule is Cc1nccn1Cc1c(C(=O)NN)sc2cccc(F)c12. The highest BCUT2D eigenvalue weighted by atomic mass is 32.1. The summed E-state index contributed by atoms with van der Waals surface area (Å²) in [5.74, 6) is 5.27. The van der Waals surface area contributed by atoms with Gasteiger partial charge in [0.2, 0.25) is 0 Å². The third-order valence-electron chi connectivity index (χ3n) is 3.35. The molecule has 2 heterocycles. The third kappa shape index (κ3) is 2.30. The number of rotatable bonds is 3. The van der Waals surface area contributed by atoms with Gasteiger partial charge in [-0.1, -0.05) is 6.07 Å². The fourth-order valence-corrected chi connectivity index (χ4v) is 3.44. The second-order valence-electron chi connectivity index (χ2n) is 4.60. The smallest absolute Gasteiger partial charge is 0.275 e. The minimum atomic E-state index is -0.414. The van der Waals surface area contributed by atoms with Crippen LogP contribution in [0.25, 0.3) is 10.1 Å². The van der Waals surface area contributed by atoms with Crippen molar-refractivity contribution in [3.05, 3.63) is 52.7 Å². The van der Waals surface area contributed by atoms with Crippen LogP contribution >= 0.6 is 11.3 Å². The van der Waals surface area contributed by atoms with E-state index >= 15 is 0 Å². The van der Waals surface area contributed by atoms with Gasteiger partial charge in [0.05, 0.1) is 11.4 Å². The second-order valence-corrected chi connectivity index (χ2v) is 5.65. The number of aryl methyl sites for hydroxylation is 1. The van der Waals surface area contributed by atoms with Crippen LogP contribution in [0.2, 0.25) is 0 Å². The van der Waals surface area contributed by atoms with Crippen LogP contribution in [0.4, 0.5) is 4.39 Å². The van der Waals surface area contributed by atoms with Gasteiger partial charge in [-0.15, -0.1) is 11.3 Å². The first-order valence-corrected chi connectivity index (χ1v) is 7.12. The van der Waals surface area contributed by atoms with Crippen molar-refractivity contribution in [2.45, 2.75) is 13.5 Å². The normalized spacial score (nSPS) is 11.0. The number of hydrazine groups is 1. The van der Waals surface area contributed by atoms with Crippen molar-refractivity contribution in [1.82, 2.24) is 15.0 Å². The first-order chi connectivity index (χ1) is 10.1. The number of nitrogen functional groups attached to an aromatic ring is 1. The van der Waals surface area contributed by atoms with Crippen LogP contribution in [0.15, 0.2) is 30.6 Å². The first kappa shape index (κ1) is 13.7. The predicted molar refractivity (Wildman–Crippen MR) is 79.5 cm³/mol. The van der Waals surface area contributed by atoms with E-state index in [1.807, 2.05) is 11.5 Å². The molecule has 108 valence electrons. The average Bonchev–Trinajstić information content (AvgIpc) is 3.04.